The van der Waals surface area contributed by atoms with Crippen molar-refractivity contribution in [3.63, 3.8) is 0 Å². The fourth-order valence-electron chi connectivity index (χ4n) is 3.69. The Labute approximate surface area is 176 Å². The molecule has 2 aromatic rings. The molecule has 1 heterocycles. The maximum Gasteiger partial charge on any atom is 0.322 e. The minimum Gasteiger partial charge on any atom is -0.497 e. The van der Waals surface area contributed by atoms with Gasteiger partial charge < -0.3 is 29.7 Å². The van der Waals surface area contributed by atoms with Crippen LogP contribution in [0.1, 0.15) is 31.4 Å². The molecule has 8 heteroatoms. The molecule has 160 valence electrons. The molecule has 1 aliphatic rings. The van der Waals surface area contributed by atoms with Crippen LogP contribution in [0.3, 0.4) is 0 Å². The van der Waals surface area contributed by atoms with E-state index in [0.717, 1.165) is 29.9 Å². The van der Waals surface area contributed by atoms with E-state index < -0.39 is 0 Å². The van der Waals surface area contributed by atoms with Crippen molar-refractivity contribution >= 4 is 23.3 Å². The number of hydrogen-bond acceptors (Lipinski definition) is 5. The molecule has 1 unspecified atom stereocenters. The minimum atomic E-state index is -0.211. The normalized spacial score (nSPS) is 15.5. The van der Waals surface area contributed by atoms with Crippen molar-refractivity contribution in [1.29, 1.82) is 0 Å². The van der Waals surface area contributed by atoms with Gasteiger partial charge in [0.1, 0.15) is 17.2 Å². The van der Waals surface area contributed by atoms with Gasteiger partial charge in [0.25, 0.3) is 0 Å². The highest BCUT2D eigenvalue weighted by molar-refractivity contribution is 5.93. The predicted octanol–water partition coefficient (Wildman–Crippen LogP) is 4.04. The lowest BCUT2D eigenvalue weighted by Gasteiger charge is -2.27. The van der Waals surface area contributed by atoms with E-state index in [4.69, 9.17) is 14.2 Å². The Hall–Kier alpha value is -3.42. The Morgan fingerprint density at radius 3 is 2.40 bits per heavy atom. The van der Waals surface area contributed by atoms with Crippen LogP contribution in [0.15, 0.2) is 36.4 Å². The van der Waals surface area contributed by atoms with Crippen molar-refractivity contribution < 1.29 is 23.8 Å². The third-order valence-electron chi connectivity index (χ3n) is 5.07. The molecular formula is C22H27N3O5. The summed E-state index contributed by atoms with van der Waals surface area (Å²) in [6.07, 6.45) is 1.73. The number of urea groups is 1. The third kappa shape index (κ3) is 4.59. The quantitative estimate of drug-likeness (QED) is 0.746. The lowest BCUT2D eigenvalue weighted by Crippen LogP contribution is -2.34. The van der Waals surface area contributed by atoms with Gasteiger partial charge in [0, 0.05) is 30.8 Å². The number of anilines is 2. The van der Waals surface area contributed by atoms with Crippen LogP contribution in [0.2, 0.25) is 0 Å². The number of carbonyl (C=O) groups is 2. The fraction of sp³-hybridized carbons (Fsp3) is 0.364. The Balaban J connectivity index is 1.81. The van der Waals surface area contributed by atoms with Gasteiger partial charge in [-0.25, -0.2) is 4.79 Å². The summed E-state index contributed by atoms with van der Waals surface area (Å²) < 4.78 is 16.2. The van der Waals surface area contributed by atoms with Crippen LogP contribution in [0, 0.1) is 0 Å². The zero-order chi connectivity index (χ0) is 21.7. The molecule has 3 amide bonds. The molecular weight excluding hydrogens is 386 g/mol. The van der Waals surface area contributed by atoms with E-state index in [1.807, 2.05) is 18.2 Å². The summed E-state index contributed by atoms with van der Waals surface area (Å²) in [5, 5.41) is 5.63. The van der Waals surface area contributed by atoms with Crippen molar-refractivity contribution in [3.05, 3.63) is 42.0 Å². The first-order valence-electron chi connectivity index (χ1n) is 9.72. The van der Waals surface area contributed by atoms with E-state index in [1.165, 1.54) is 14.0 Å². The van der Waals surface area contributed by atoms with Crippen molar-refractivity contribution in [1.82, 2.24) is 4.90 Å². The molecule has 0 aromatic heterocycles. The summed E-state index contributed by atoms with van der Waals surface area (Å²) in [5.74, 6) is 1.71. The van der Waals surface area contributed by atoms with Gasteiger partial charge in [-0.2, -0.15) is 0 Å². The summed E-state index contributed by atoms with van der Waals surface area (Å²) in [6, 6.07) is 10.4. The van der Waals surface area contributed by atoms with Gasteiger partial charge in [-0.15, -0.1) is 0 Å². The summed E-state index contributed by atoms with van der Waals surface area (Å²) in [7, 11) is 4.74. The molecule has 0 bridgehead atoms. The first kappa shape index (κ1) is 21.3. The summed E-state index contributed by atoms with van der Waals surface area (Å²) >= 11 is 0. The van der Waals surface area contributed by atoms with Crippen LogP contribution < -0.4 is 24.8 Å². The Morgan fingerprint density at radius 1 is 0.967 bits per heavy atom. The molecule has 1 saturated heterocycles. The molecule has 0 saturated carbocycles. The summed E-state index contributed by atoms with van der Waals surface area (Å²) in [5.41, 5.74) is 2.04. The molecule has 1 aliphatic heterocycles. The Bertz CT molecular complexity index is 931. The number of methoxy groups -OCH3 is 3. The van der Waals surface area contributed by atoms with Crippen LogP contribution in [0.25, 0.3) is 0 Å². The van der Waals surface area contributed by atoms with Gasteiger partial charge in [-0.3, -0.25) is 4.79 Å². The Kier molecular flexibility index (Phi) is 6.66. The monoisotopic (exact) mass is 413 g/mol. The number of nitrogens with zero attached hydrogens (tertiary/aromatic N) is 1. The zero-order valence-electron chi connectivity index (χ0n) is 17.7. The highest BCUT2D eigenvalue weighted by Crippen LogP contribution is 2.39. The van der Waals surface area contributed by atoms with E-state index in [0.29, 0.717) is 23.7 Å². The van der Waals surface area contributed by atoms with Crippen LogP contribution in [-0.2, 0) is 4.79 Å². The predicted molar refractivity (Wildman–Crippen MR) is 115 cm³/mol. The Morgan fingerprint density at radius 2 is 1.73 bits per heavy atom. The number of benzene rings is 2. The molecule has 2 aromatic carbocycles. The van der Waals surface area contributed by atoms with Crippen molar-refractivity contribution in [2.24, 2.45) is 0 Å². The van der Waals surface area contributed by atoms with E-state index in [9.17, 15) is 9.59 Å². The van der Waals surface area contributed by atoms with Gasteiger partial charge in [-0.05, 0) is 43.2 Å². The van der Waals surface area contributed by atoms with Crippen LogP contribution in [0.4, 0.5) is 16.2 Å². The van der Waals surface area contributed by atoms with E-state index in [1.54, 1.807) is 37.3 Å². The van der Waals surface area contributed by atoms with E-state index >= 15 is 0 Å². The molecule has 30 heavy (non-hydrogen) atoms. The number of ether oxygens (including phenoxy) is 3. The van der Waals surface area contributed by atoms with Crippen LogP contribution in [0.5, 0.6) is 17.2 Å². The second kappa shape index (κ2) is 9.39. The minimum absolute atomic E-state index is 0.115. The van der Waals surface area contributed by atoms with Crippen molar-refractivity contribution in [2.45, 2.75) is 25.8 Å². The molecule has 1 atom stereocenters. The molecule has 1 fully saturated rings. The molecule has 8 nitrogen and oxygen atoms in total. The molecule has 2 N–H and O–H groups in total. The number of likely N-dealkylation sites (tertiary alicyclic amines) is 1. The second-order valence-corrected chi connectivity index (χ2v) is 6.99. The average molecular weight is 413 g/mol. The molecule has 3 rings (SSSR count). The van der Waals surface area contributed by atoms with Gasteiger partial charge in [0.2, 0.25) is 5.91 Å². The lowest BCUT2D eigenvalue weighted by molar-refractivity contribution is -0.114. The number of nitrogens with one attached hydrogen (secondary N) is 2. The van der Waals surface area contributed by atoms with Crippen LogP contribution >= 0.6 is 0 Å². The van der Waals surface area contributed by atoms with E-state index in [-0.39, 0.29) is 18.0 Å². The van der Waals surface area contributed by atoms with Gasteiger partial charge in [-0.1, -0.05) is 0 Å². The highest BCUT2D eigenvalue weighted by atomic mass is 16.5. The second-order valence-electron chi connectivity index (χ2n) is 6.99. The number of hydrogen-bond donors (Lipinski definition) is 2. The van der Waals surface area contributed by atoms with Crippen molar-refractivity contribution in [2.75, 3.05) is 38.5 Å². The first-order valence-corrected chi connectivity index (χ1v) is 9.72. The standard InChI is InChI=1S/C22H27N3O5/c1-14(26)23-18-9-7-15(12-21(18)30-4)24-22(27)25-11-5-6-19(25)17-13-16(28-2)8-10-20(17)29-3/h7-10,12-13,19H,5-6,11H2,1-4H3,(H,23,26)(H,24,27). The maximum atomic E-state index is 13.0. The maximum absolute atomic E-state index is 13.0. The largest absolute Gasteiger partial charge is 0.497 e. The third-order valence-corrected chi connectivity index (χ3v) is 5.07. The SMILES string of the molecule is COc1ccc(OC)c(C2CCCN2C(=O)Nc2ccc(NC(C)=O)c(OC)c2)c1. The lowest BCUT2D eigenvalue weighted by atomic mass is 10.0. The molecule has 0 aliphatic carbocycles. The highest BCUT2D eigenvalue weighted by Gasteiger charge is 2.32. The summed E-state index contributed by atoms with van der Waals surface area (Å²) in [6.45, 7) is 2.06. The number of amides is 3. The smallest absolute Gasteiger partial charge is 0.322 e. The number of rotatable bonds is 6. The van der Waals surface area contributed by atoms with E-state index in [2.05, 4.69) is 10.6 Å². The van der Waals surface area contributed by atoms with Gasteiger partial charge in [0.05, 0.1) is 33.1 Å². The van der Waals surface area contributed by atoms with Gasteiger partial charge >= 0.3 is 6.03 Å². The fourth-order valence-corrected chi connectivity index (χ4v) is 3.69. The topological polar surface area (TPSA) is 89.1 Å². The van der Waals surface area contributed by atoms with Crippen molar-refractivity contribution in [3.8, 4) is 17.2 Å². The number of carbonyl (C=O) groups excluding carboxylic acids is 2. The zero-order valence-corrected chi connectivity index (χ0v) is 17.7. The first-order chi connectivity index (χ1) is 14.5. The summed E-state index contributed by atoms with van der Waals surface area (Å²) in [4.78, 5) is 26.2. The average Bonchev–Trinajstić information content (AvgIpc) is 3.23. The molecule has 0 spiro atoms. The molecule has 0 radical (unpaired) electrons. The van der Waals surface area contributed by atoms with Gasteiger partial charge in [0.15, 0.2) is 0 Å². The van der Waals surface area contributed by atoms with Crippen LogP contribution in [-0.4, -0.2) is 44.7 Å².